The Bertz CT molecular complexity index is 593. The highest BCUT2D eigenvalue weighted by atomic mass is 19.1. The fourth-order valence-electron chi connectivity index (χ4n) is 3.18. The first kappa shape index (κ1) is 15.0. The van der Waals surface area contributed by atoms with E-state index in [1.54, 1.807) is 23.1 Å². The minimum absolute atomic E-state index is 0.00918. The Balaban J connectivity index is 1.63. The van der Waals surface area contributed by atoms with Crippen molar-refractivity contribution in [1.82, 2.24) is 15.5 Å². The van der Waals surface area contributed by atoms with Crippen LogP contribution < -0.4 is 10.6 Å². The Labute approximate surface area is 128 Å². The molecule has 0 unspecified atom stereocenters. The van der Waals surface area contributed by atoms with Crippen molar-refractivity contribution in [1.29, 1.82) is 0 Å². The molecule has 2 N–H and O–H groups in total. The van der Waals surface area contributed by atoms with Gasteiger partial charge in [0.2, 0.25) is 11.8 Å². The van der Waals surface area contributed by atoms with E-state index in [1.807, 2.05) is 6.92 Å². The number of benzene rings is 1. The van der Waals surface area contributed by atoms with Crippen molar-refractivity contribution in [2.45, 2.75) is 44.4 Å². The number of piperazine rings is 1. The van der Waals surface area contributed by atoms with Crippen LogP contribution in [0.25, 0.3) is 0 Å². The standard InChI is InChI=1S/C16H20FN3O2/c1-2-13-16(22)20-9-11(7-14(20)15(21)19-13)18-8-10-5-3-4-6-12(10)17/h3-6,11,13-14,18H,2,7-9H2,1H3,(H,19,21)/t11-,13-,14-/m0/s1. The van der Waals surface area contributed by atoms with Crippen LogP contribution in [0.4, 0.5) is 4.39 Å². The summed E-state index contributed by atoms with van der Waals surface area (Å²) >= 11 is 0. The van der Waals surface area contributed by atoms with Gasteiger partial charge in [0.05, 0.1) is 0 Å². The number of hydrogen-bond acceptors (Lipinski definition) is 3. The third kappa shape index (κ3) is 2.70. The maximum Gasteiger partial charge on any atom is 0.245 e. The summed E-state index contributed by atoms with van der Waals surface area (Å²) in [6.07, 6.45) is 1.17. The smallest absolute Gasteiger partial charge is 0.245 e. The van der Waals surface area contributed by atoms with Gasteiger partial charge in [-0.3, -0.25) is 9.59 Å². The van der Waals surface area contributed by atoms with Gasteiger partial charge in [-0.2, -0.15) is 0 Å². The third-order valence-electron chi connectivity index (χ3n) is 4.45. The van der Waals surface area contributed by atoms with E-state index in [4.69, 9.17) is 0 Å². The number of fused-ring (bicyclic) bond motifs is 1. The number of rotatable bonds is 4. The van der Waals surface area contributed by atoms with E-state index in [0.29, 0.717) is 31.5 Å². The van der Waals surface area contributed by atoms with Crippen molar-refractivity contribution >= 4 is 11.8 Å². The van der Waals surface area contributed by atoms with Crippen LogP contribution >= 0.6 is 0 Å². The molecule has 6 heteroatoms. The Morgan fingerprint density at radius 1 is 1.36 bits per heavy atom. The van der Waals surface area contributed by atoms with Crippen molar-refractivity contribution in [2.24, 2.45) is 0 Å². The molecule has 0 spiro atoms. The molecule has 0 saturated carbocycles. The van der Waals surface area contributed by atoms with Gasteiger partial charge < -0.3 is 15.5 Å². The molecule has 0 bridgehead atoms. The van der Waals surface area contributed by atoms with Crippen LogP contribution in [0.5, 0.6) is 0 Å². The summed E-state index contributed by atoms with van der Waals surface area (Å²) in [4.78, 5) is 26.0. The molecular formula is C16H20FN3O2. The average Bonchev–Trinajstić information content (AvgIpc) is 2.95. The molecule has 3 rings (SSSR count). The maximum absolute atomic E-state index is 13.6. The first-order valence-electron chi connectivity index (χ1n) is 7.67. The zero-order valence-electron chi connectivity index (χ0n) is 12.5. The lowest BCUT2D eigenvalue weighted by atomic mass is 10.1. The minimum atomic E-state index is -0.408. The highest BCUT2D eigenvalue weighted by Gasteiger charge is 2.45. The van der Waals surface area contributed by atoms with Gasteiger partial charge in [-0.15, -0.1) is 0 Å². The van der Waals surface area contributed by atoms with Crippen LogP contribution in [0.15, 0.2) is 24.3 Å². The Hall–Kier alpha value is -1.95. The SMILES string of the molecule is CC[C@@H]1NC(=O)[C@@H]2C[C@H](NCc3ccccc3F)CN2C1=O. The second kappa shape index (κ2) is 6.04. The van der Waals surface area contributed by atoms with Gasteiger partial charge >= 0.3 is 0 Å². The summed E-state index contributed by atoms with van der Waals surface area (Å²) in [5, 5.41) is 6.03. The van der Waals surface area contributed by atoms with Crippen molar-refractivity contribution in [3.05, 3.63) is 35.6 Å². The van der Waals surface area contributed by atoms with Crippen LogP contribution in [0.1, 0.15) is 25.3 Å². The van der Waals surface area contributed by atoms with Gasteiger partial charge in [-0.05, 0) is 18.9 Å². The van der Waals surface area contributed by atoms with Crippen molar-refractivity contribution in [3.8, 4) is 0 Å². The van der Waals surface area contributed by atoms with Crippen LogP contribution in [-0.2, 0) is 16.1 Å². The third-order valence-corrected chi connectivity index (χ3v) is 4.45. The lowest BCUT2D eigenvalue weighted by Crippen LogP contribution is -2.60. The monoisotopic (exact) mass is 305 g/mol. The molecule has 2 amide bonds. The predicted molar refractivity (Wildman–Crippen MR) is 79.4 cm³/mol. The minimum Gasteiger partial charge on any atom is -0.343 e. The normalized spacial score (nSPS) is 27.7. The van der Waals surface area contributed by atoms with Gasteiger partial charge in [0, 0.05) is 24.7 Å². The Kier molecular flexibility index (Phi) is 4.11. The van der Waals surface area contributed by atoms with Gasteiger partial charge in [0.1, 0.15) is 17.9 Å². The lowest BCUT2D eigenvalue weighted by molar-refractivity contribution is -0.147. The molecule has 2 fully saturated rings. The summed E-state index contributed by atoms with van der Waals surface area (Å²) in [5.74, 6) is -0.338. The molecular weight excluding hydrogens is 285 g/mol. The zero-order valence-corrected chi connectivity index (χ0v) is 12.5. The van der Waals surface area contributed by atoms with E-state index in [0.717, 1.165) is 0 Å². The van der Waals surface area contributed by atoms with E-state index >= 15 is 0 Å². The van der Waals surface area contributed by atoms with Crippen LogP contribution in [0.3, 0.4) is 0 Å². The molecule has 1 aromatic carbocycles. The van der Waals surface area contributed by atoms with E-state index in [1.165, 1.54) is 6.07 Å². The summed E-state index contributed by atoms with van der Waals surface area (Å²) in [6, 6.07) is 5.81. The summed E-state index contributed by atoms with van der Waals surface area (Å²) < 4.78 is 13.6. The number of hydrogen-bond donors (Lipinski definition) is 2. The molecule has 5 nitrogen and oxygen atoms in total. The largest absolute Gasteiger partial charge is 0.343 e. The zero-order chi connectivity index (χ0) is 15.7. The van der Waals surface area contributed by atoms with Crippen LogP contribution in [-0.4, -0.2) is 41.4 Å². The van der Waals surface area contributed by atoms with Crippen molar-refractivity contribution < 1.29 is 14.0 Å². The second-order valence-electron chi connectivity index (χ2n) is 5.88. The maximum atomic E-state index is 13.6. The number of nitrogens with zero attached hydrogens (tertiary/aromatic N) is 1. The predicted octanol–water partition coefficient (Wildman–Crippen LogP) is 0.793. The fraction of sp³-hybridized carbons (Fsp3) is 0.500. The van der Waals surface area contributed by atoms with Crippen LogP contribution in [0, 0.1) is 5.82 Å². The quantitative estimate of drug-likeness (QED) is 0.865. The lowest BCUT2D eigenvalue weighted by Gasteiger charge is -2.33. The fourth-order valence-corrected chi connectivity index (χ4v) is 3.18. The van der Waals surface area contributed by atoms with E-state index in [9.17, 15) is 14.0 Å². The second-order valence-corrected chi connectivity index (χ2v) is 5.88. The van der Waals surface area contributed by atoms with E-state index in [-0.39, 0.29) is 23.7 Å². The molecule has 0 aliphatic carbocycles. The van der Waals surface area contributed by atoms with Crippen molar-refractivity contribution in [3.63, 3.8) is 0 Å². The molecule has 3 atom stereocenters. The van der Waals surface area contributed by atoms with Crippen LogP contribution in [0.2, 0.25) is 0 Å². The summed E-state index contributed by atoms with van der Waals surface area (Å²) in [7, 11) is 0. The Morgan fingerprint density at radius 2 is 2.14 bits per heavy atom. The topological polar surface area (TPSA) is 61.4 Å². The van der Waals surface area contributed by atoms with Gasteiger partial charge in [-0.25, -0.2) is 4.39 Å². The average molecular weight is 305 g/mol. The molecule has 2 aliphatic heterocycles. The highest BCUT2D eigenvalue weighted by Crippen LogP contribution is 2.23. The number of amides is 2. The number of carbonyl (C=O) groups excluding carboxylic acids is 2. The highest BCUT2D eigenvalue weighted by molar-refractivity contribution is 5.97. The van der Waals surface area contributed by atoms with Gasteiger partial charge in [0.25, 0.3) is 0 Å². The molecule has 1 aromatic rings. The molecule has 0 radical (unpaired) electrons. The summed E-state index contributed by atoms with van der Waals surface area (Å²) in [5.41, 5.74) is 0.592. The molecule has 2 saturated heterocycles. The summed E-state index contributed by atoms with van der Waals surface area (Å²) in [6.45, 7) is 2.78. The number of halogens is 1. The Morgan fingerprint density at radius 3 is 2.86 bits per heavy atom. The van der Waals surface area contributed by atoms with Gasteiger partial charge in [-0.1, -0.05) is 25.1 Å². The molecule has 118 valence electrons. The number of nitrogens with one attached hydrogen (secondary N) is 2. The first-order chi connectivity index (χ1) is 10.6. The number of carbonyl (C=O) groups is 2. The molecule has 2 heterocycles. The van der Waals surface area contributed by atoms with Gasteiger partial charge in [0.15, 0.2) is 0 Å². The molecule has 2 aliphatic rings. The molecule has 22 heavy (non-hydrogen) atoms. The molecule has 0 aromatic heterocycles. The van der Waals surface area contributed by atoms with Crippen molar-refractivity contribution in [2.75, 3.05) is 6.54 Å². The first-order valence-corrected chi connectivity index (χ1v) is 7.67. The van der Waals surface area contributed by atoms with E-state index in [2.05, 4.69) is 10.6 Å². The van der Waals surface area contributed by atoms with E-state index < -0.39 is 12.1 Å².